The number of anilines is 3. The summed E-state index contributed by atoms with van der Waals surface area (Å²) in [5.74, 6) is 1.38. The molecule has 5 rings (SSSR count). The first-order chi connectivity index (χ1) is 16.3. The Morgan fingerprint density at radius 2 is 1.85 bits per heavy atom. The zero-order chi connectivity index (χ0) is 23.9. The van der Waals surface area contributed by atoms with Crippen molar-refractivity contribution in [1.29, 1.82) is 0 Å². The van der Waals surface area contributed by atoms with Gasteiger partial charge in [0.1, 0.15) is 11.5 Å². The zero-order valence-corrected chi connectivity index (χ0v) is 19.7. The largest absolute Gasteiger partial charge is 0.351 e. The number of benzene rings is 1. The zero-order valence-electron chi connectivity index (χ0n) is 18.9. The van der Waals surface area contributed by atoms with E-state index in [0.717, 1.165) is 35.7 Å². The highest BCUT2D eigenvalue weighted by Gasteiger charge is 2.23. The van der Waals surface area contributed by atoms with Gasteiger partial charge in [0.05, 0.1) is 16.8 Å². The molecular weight excluding hydrogens is 452 g/mol. The fourth-order valence-corrected chi connectivity index (χ4v) is 4.60. The van der Waals surface area contributed by atoms with Crippen LogP contribution in [0, 0.1) is 0 Å². The van der Waals surface area contributed by atoms with Gasteiger partial charge in [0.15, 0.2) is 0 Å². The van der Waals surface area contributed by atoms with Crippen LogP contribution in [0.15, 0.2) is 66.0 Å². The predicted molar refractivity (Wildman–Crippen MR) is 132 cm³/mol. The molecule has 0 unspecified atom stereocenters. The van der Waals surface area contributed by atoms with Crippen LogP contribution in [0.2, 0.25) is 0 Å². The molecule has 0 saturated carbocycles. The third-order valence-electron chi connectivity index (χ3n) is 5.93. The predicted octanol–water partition coefficient (Wildman–Crippen LogP) is 2.39. The van der Waals surface area contributed by atoms with E-state index in [1.165, 1.54) is 12.1 Å². The standard InChI is InChI=1S/C23H26N8O2S/c1-15-14-31(16(2)11-25-15)21-8-3-18(13-26-21)28-23-27-12-17-9-10-30(22(17)29-23)19-4-6-20(7-5-19)34(24,32)33/h3-10,12-13,15-16,25H,11,14H2,1-2H3,(H2,24,32,33)(H,27,28,29)/t15-,16+/m0/s1. The summed E-state index contributed by atoms with van der Waals surface area (Å²) >= 11 is 0. The quantitative estimate of drug-likeness (QED) is 0.399. The monoisotopic (exact) mass is 478 g/mol. The molecule has 0 amide bonds. The molecule has 0 aliphatic carbocycles. The van der Waals surface area contributed by atoms with E-state index in [4.69, 9.17) is 5.14 Å². The Labute approximate surface area is 197 Å². The van der Waals surface area contributed by atoms with E-state index in [9.17, 15) is 8.42 Å². The van der Waals surface area contributed by atoms with Crippen LogP contribution < -0.4 is 20.7 Å². The molecule has 4 aromatic rings. The summed E-state index contributed by atoms with van der Waals surface area (Å²) in [7, 11) is -3.75. The van der Waals surface area contributed by atoms with Gasteiger partial charge < -0.3 is 20.1 Å². The second kappa shape index (κ2) is 8.67. The van der Waals surface area contributed by atoms with Crippen LogP contribution in [0.1, 0.15) is 13.8 Å². The number of nitrogens with one attached hydrogen (secondary N) is 2. The molecule has 34 heavy (non-hydrogen) atoms. The number of sulfonamides is 1. The molecule has 3 aromatic heterocycles. The lowest BCUT2D eigenvalue weighted by Gasteiger charge is -2.38. The molecule has 11 heteroatoms. The van der Waals surface area contributed by atoms with Crippen LogP contribution in [0.5, 0.6) is 0 Å². The Morgan fingerprint density at radius 3 is 2.56 bits per heavy atom. The minimum absolute atomic E-state index is 0.0605. The van der Waals surface area contributed by atoms with Crippen LogP contribution >= 0.6 is 0 Å². The molecule has 0 radical (unpaired) electrons. The van der Waals surface area contributed by atoms with Crippen LogP contribution in [-0.4, -0.2) is 53.1 Å². The van der Waals surface area contributed by atoms with E-state index >= 15 is 0 Å². The first kappa shape index (κ1) is 22.3. The van der Waals surface area contributed by atoms with E-state index < -0.39 is 10.0 Å². The lowest BCUT2D eigenvalue weighted by molar-refractivity contribution is 0.422. The molecule has 176 valence electrons. The van der Waals surface area contributed by atoms with Crippen molar-refractivity contribution in [2.75, 3.05) is 23.3 Å². The maximum absolute atomic E-state index is 11.5. The van der Waals surface area contributed by atoms with Crippen molar-refractivity contribution < 1.29 is 8.42 Å². The van der Waals surface area contributed by atoms with Crippen LogP contribution in [0.4, 0.5) is 17.5 Å². The van der Waals surface area contributed by atoms with E-state index in [0.29, 0.717) is 23.7 Å². The Hall–Kier alpha value is -3.54. The smallest absolute Gasteiger partial charge is 0.238 e. The van der Waals surface area contributed by atoms with Crippen molar-refractivity contribution in [3.63, 3.8) is 0 Å². The first-order valence-corrected chi connectivity index (χ1v) is 12.5. The molecule has 1 fully saturated rings. The number of fused-ring (bicyclic) bond motifs is 1. The SMILES string of the molecule is C[C@@H]1CN[C@@H](C)CN1c1ccc(Nc2ncc3ccn(-c4ccc(S(N)(=O)=O)cc4)c3n2)cn1. The summed E-state index contributed by atoms with van der Waals surface area (Å²) in [6.45, 7) is 6.21. The molecule has 1 aliphatic rings. The second-order valence-corrected chi connectivity index (χ2v) is 10.1. The molecule has 2 atom stereocenters. The first-order valence-electron chi connectivity index (χ1n) is 11.0. The van der Waals surface area contributed by atoms with Crippen molar-refractivity contribution >= 4 is 38.5 Å². The average Bonchev–Trinajstić information content (AvgIpc) is 3.24. The summed E-state index contributed by atoms with van der Waals surface area (Å²) in [5, 5.41) is 12.8. The Balaban J connectivity index is 1.38. The van der Waals surface area contributed by atoms with E-state index in [1.807, 2.05) is 29.0 Å². The number of nitrogens with two attached hydrogens (primary N) is 1. The average molecular weight is 479 g/mol. The summed E-state index contributed by atoms with van der Waals surface area (Å²) in [4.78, 5) is 16.1. The molecule has 1 aromatic carbocycles. The number of aromatic nitrogens is 4. The van der Waals surface area contributed by atoms with Gasteiger partial charge in [-0.25, -0.2) is 23.5 Å². The summed E-state index contributed by atoms with van der Waals surface area (Å²) in [6, 6.07) is 13.0. The van der Waals surface area contributed by atoms with Crippen LogP contribution in [0.25, 0.3) is 16.7 Å². The van der Waals surface area contributed by atoms with Crippen molar-refractivity contribution in [1.82, 2.24) is 24.8 Å². The minimum atomic E-state index is -3.75. The maximum atomic E-state index is 11.5. The van der Waals surface area contributed by atoms with Crippen LogP contribution in [0.3, 0.4) is 0 Å². The molecular formula is C23H26N8O2S. The van der Waals surface area contributed by atoms with Gasteiger partial charge in [0, 0.05) is 48.6 Å². The minimum Gasteiger partial charge on any atom is -0.351 e. The topological polar surface area (TPSA) is 131 Å². The van der Waals surface area contributed by atoms with Crippen molar-refractivity contribution in [3.05, 3.63) is 61.1 Å². The molecule has 0 bridgehead atoms. The Kier molecular flexibility index (Phi) is 5.68. The lowest BCUT2D eigenvalue weighted by Crippen LogP contribution is -2.54. The van der Waals surface area contributed by atoms with Gasteiger partial charge in [-0.15, -0.1) is 0 Å². The van der Waals surface area contributed by atoms with Gasteiger partial charge >= 0.3 is 0 Å². The van der Waals surface area contributed by atoms with Gasteiger partial charge in [-0.2, -0.15) is 4.98 Å². The second-order valence-electron chi connectivity index (χ2n) is 8.54. The maximum Gasteiger partial charge on any atom is 0.238 e. The normalized spacial score (nSPS) is 18.9. The number of rotatable bonds is 5. The highest BCUT2D eigenvalue weighted by molar-refractivity contribution is 7.89. The molecule has 1 aliphatic heterocycles. The highest BCUT2D eigenvalue weighted by atomic mass is 32.2. The summed E-state index contributed by atoms with van der Waals surface area (Å²) in [5.41, 5.74) is 2.24. The van der Waals surface area contributed by atoms with E-state index in [1.54, 1.807) is 24.5 Å². The summed E-state index contributed by atoms with van der Waals surface area (Å²) in [6.07, 6.45) is 5.39. The van der Waals surface area contributed by atoms with Crippen LogP contribution in [-0.2, 0) is 10.0 Å². The molecule has 1 saturated heterocycles. The van der Waals surface area contributed by atoms with Crippen molar-refractivity contribution in [2.45, 2.75) is 30.8 Å². The van der Waals surface area contributed by atoms with Crippen molar-refractivity contribution in [2.24, 2.45) is 5.14 Å². The van der Waals surface area contributed by atoms with Gasteiger partial charge in [-0.1, -0.05) is 0 Å². The number of hydrogen-bond acceptors (Lipinski definition) is 8. The number of nitrogens with zero attached hydrogens (tertiary/aromatic N) is 5. The number of piperazine rings is 1. The lowest BCUT2D eigenvalue weighted by atomic mass is 10.1. The Morgan fingerprint density at radius 1 is 1.06 bits per heavy atom. The van der Waals surface area contributed by atoms with Gasteiger partial charge in [-0.05, 0) is 56.3 Å². The van der Waals surface area contributed by atoms with E-state index in [2.05, 4.69) is 44.3 Å². The number of hydrogen-bond donors (Lipinski definition) is 3. The molecule has 0 spiro atoms. The molecule has 4 N–H and O–H groups in total. The van der Waals surface area contributed by atoms with Crippen molar-refractivity contribution in [3.8, 4) is 5.69 Å². The van der Waals surface area contributed by atoms with Gasteiger partial charge in [0.25, 0.3) is 0 Å². The fraction of sp³-hybridized carbons (Fsp3) is 0.261. The number of primary sulfonamides is 1. The fourth-order valence-electron chi connectivity index (χ4n) is 4.08. The third-order valence-corrected chi connectivity index (χ3v) is 6.86. The van der Waals surface area contributed by atoms with Gasteiger partial charge in [0.2, 0.25) is 16.0 Å². The molecule has 10 nitrogen and oxygen atoms in total. The molecule has 4 heterocycles. The highest BCUT2D eigenvalue weighted by Crippen LogP contribution is 2.23. The summed E-state index contributed by atoms with van der Waals surface area (Å²) < 4.78 is 24.9. The van der Waals surface area contributed by atoms with Gasteiger partial charge in [-0.3, -0.25) is 0 Å². The number of pyridine rings is 1. The third kappa shape index (κ3) is 4.45. The Bertz CT molecular complexity index is 1420. The van der Waals surface area contributed by atoms with E-state index in [-0.39, 0.29) is 4.90 Å².